The topological polar surface area (TPSA) is 87.6 Å². The van der Waals surface area contributed by atoms with Gasteiger partial charge < -0.3 is 9.13 Å². The zero-order valence-corrected chi connectivity index (χ0v) is 12.1. The van der Waals surface area contributed by atoms with Crippen LogP contribution in [-0.4, -0.2) is 28.9 Å². The predicted octanol–water partition coefficient (Wildman–Crippen LogP) is -0.0746. The fourth-order valence-corrected chi connectivity index (χ4v) is 2.20. The van der Waals surface area contributed by atoms with Crippen molar-refractivity contribution in [2.45, 2.75) is 6.54 Å². The number of fused-ring (bicyclic) bond motifs is 1. The van der Waals surface area contributed by atoms with Crippen LogP contribution in [0.4, 0.5) is 0 Å². The maximum absolute atomic E-state index is 11.9. The van der Waals surface area contributed by atoms with Crippen LogP contribution in [0, 0.1) is 0 Å². The van der Waals surface area contributed by atoms with Crippen LogP contribution in [0.3, 0.4) is 0 Å². The highest BCUT2D eigenvalue weighted by molar-refractivity contribution is 6.33. The number of rotatable bonds is 2. The molecule has 0 aliphatic rings. The maximum atomic E-state index is 11.9. The van der Waals surface area contributed by atoms with Gasteiger partial charge in [-0.2, -0.15) is 5.10 Å². The van der Waals surface area contributed by atoms with Gasteiger partial charge in [0.25, 0.3) is 0 Å². The second-order valence-electron chi connectivity index (χ2n) is 4.58. The van der Waals surface area contributed by atoms with Gasteiger partial charge in [0.05, 0.1) is 18.1 Å². The van der Waals surface area contributed by atoms with Crippen molar-refractivity contribution in [2.24, 2.45) is 14.1 Å². The van der Waals surface area contributed by atoms with Gasteiger partial charge in [-0.05, 0) is 0 Å². The van der Waals surface area contributed by atoms with Crippen LogP contribution in [0.2, 0.25) is 5.15 Å². The first-order chi connectivity index (χ1) is 9.97. The van der Waals surface area contributed by atoms with E-state index in [1.165, 1.54) is 28.6 Å². The third-order valence-electron chi connectivity index (χ3n) is 3.14. The van der Waals surface area contributed by atoms with Gasteiger partial charge in [-0.25, -0.2) is 9.97 Å². The summed E-state index contributed by atoms with van der Waals surface area (Å²) in [6.07, 6.45) is 4.59. The van der Waals surface area contributed by atoms with E-state index in [9.17, 15) is 9.59 Å². The number of hydrogen-bond donors (Lipinski definition) is 0. The van der Waals surface area contributed by atoms with Crippen molar-refractivity contribution in [3.8, 4) is 0 Å². The van der Waals surface area contributed by atoms with Gasteiger partial charge in [0.15, 0.2) is 11.5 Å². The van der Waals surface area contributed by atoms with E-state index < -0.39 is 11.1 Å². The van der Waals surface area contributed by atoms with Crippen LogP contribution in [-0.2, 0) is 20.6 Å². The average molecular weight is 307 g/mol. The first-order valence-corrected chi connectivity index (χ1v) is 6.45. The van der Waals surface area contributed by atoms with Crippen LogP contribution in [0.15, 0.2) is 28.2 Å². The van der Waals surface area contributed by atoms with Crippen LogP contribution in [0.5, 0.6) is 0 Å². The molecule has 9 heteroatoms. The minimum Gasteiger partial charge on any atom is -0.312 e. The van der Waals surface area contributed by atoms with Gasteiger partial charge >= 0.3 is 11.1 Å². The van der Waals surface area contributed by atoms with E-state index in [2.05, 4.69) is 15.1 Å². The zero-order chi connectivity index (χ0) is 15.1. The second-order valence-corrected chi connectivity index (χ2v) is 4.94. The largest absolute Gasteiger partial charge is 0.316 e. The Morgan fingerprint density at radius 2 is 1.90 bits per heavy atom. The summed E-state index contributed by atoms with van der Waals surface area (Å²) in [5.74, 6) is 0.339. The summed E-state index contributed by atoms with van der Waals surface area (Å²) in [5, 5.41) is 4.96. The van der Waals surface area contributed by atoms with E-state index in [1.807, 2.05) is 0 Å². The summed E-state index contributed by atoms with van der Waals surface area (Å²) >= 11 is 6.08. The monoisotopic (exact) mass is 306 g/mol. The van der Waals surface area contributed by atoms with E-state index in [4.69, 9.17) is 11.6 Å². The summed E-state index contributed by atoms with van der Waals surface area (Å²) in [6, 6.07) is 0. The van der Waals surface area contributed by atoms with E-state index in [0.29, 0.717) is 16.9 Å². The smallest absolute Gasteiger partial charge is 0.312 e. The summed E-state index contributed by atoms with van der Waals surface area (Å²) in [4.78, 5) is 32.0. The Labute approximate surface area is 123 Å². The zero-order valence-electron chi connectivity index (χ0n) is 11.3. The predicted molar refractivity (Wildman–Crippen MR) is 76.4 cm³/mol. The molecule has 0 unspecified atom stereocenters. The molecule has 21 heavy (non-hydrogen) atoms. The van der Waals surface area contributed by atoms with E-state index in [0.717, 1.165) is 0 Å². The first-order valence-electron chi connectivity index (χ1n) is 6.07. The Hall–Kier alpha value is -2.48. The molecule has 0 radical (unpaired) electrons. The van der Waals surface area contributed by atoms with E-state index in [-0.39, 0.29) is 11.7 Å². The van der Waals surface area contributed by atoms with E-state index >= 15 is 0 Å². The number of nitrogens with zero attached hydrogens (tertiary/aromatic N) is 6. The summed E-state index contributed by atoms with van der Waals surface area (Å²) < 4.78 is 4.03. The molecule has 3 aromatic rings. The van der Waals surface area contributed by atoms with Crippen molar-refractivity contribution in [1.29, 1.82) is 0 Å². The Kier molecular flexibility index (Phi) is 3.09. The van der Waals surface area contributed by atoms with Gasteiger partial charge in [0, 0.05) is 26.5 Å². The van der Waals surface area contributed by atoms with Crippen molar-refractivity contribution >= 4 is 22.6 Å². The molecular formula is C12H11ClN6O2. The molecule has 0 aromatic carbocycles. The van der Waals surface area contributed by atoms with Crippen molar-refractivity contribution in [2.75, 3.05) is 0 Å². The first kappa shape index (κ1) is 13.5. The average Bonchev–Trinajstić information content (AvgIpc) is 2.82. The lowest BCUT2D eigenvalue weighted by Crippen LogP contribution is -2.39. The maximum Gasteiger partial charge on any atom is 0.316 e. The molecule has 3 heterocycles. The molecule has 3 rings (SSSR count). The van der Waals surface area contributed by atoms with E-state index in [1.54, 1.807) is 17.9 Å². The van der Waals surface area contributed by atoms with Crippen molar-refractivity contribution in [3.05, 3.63) is 50.3 Å². The molecular weight excluding hydrogens is 296 g/mol. The molecule has 8 nitrogen and oxygen atoms in total. The minimum absolute atomic E-state index is 0.0652. The summed E-state index contributed by atoms with van der Waals surface area (Å²) in [7, 11) is 3.25. The van der Waals surface area contributed by atoms with Crippen molar-refractivity contribution in [3.63, 3.8) is 0 Å². The van der Waals surface area contributed by atoms with Crippen LogP contribution < -0.4 is 11.1 Å². The quantitative estimate of drug-likeness (QED) is 0.488. The Morgan fingerprint density at radius 3 is 2.67 bits per heavy atom. The van der Waals surface area contributed by atoms with Gasteiger partial charge in [0.2, 0.25) is 0 Å². The highest BCUT2D eigenvalue weighted by Gasteiger charge is 2.11. The molecule has 0 N–H and O–H groups in total. The highest BCUT2D eigenvalue weighted by atomic mass is 35.5. The lowest BCUT2D eigenvalue weighted by Gasteiger charge is -2.06. The van der Waals surface area contributed by atoms with Crippen LogP contribution in [0.1, 0.15) is 5.82 Å². The number of halogens is 1. The molecule has 108 valence electrons. The SMILES string of the molecule is Cn1ccn(Cc2nc(Cl)c3cnn(C)c3n2)c(=O)c1=O. The Balaban J connectivity index is 2.10. The highest BCUT2D eigenvalue weighted by Crippen LogP contribution is 2.19. The fraction of sp³-hybridized carbons (Fsp3) is 0.250. The van der Waals surface area contributed by atoms with Crippen LogP contribution >= 0.6 is 11.6 Å². The van der Waals surface area contributed by atoms with Crippen molar-refractivity contribution in [1.82, 2.24) is 28.9 Å². The van der Waals surface area contributed by atoms with Gasteiger partial charge in [-0.3, -0.25) is 14.3 Å². The van der Waals surface area contributed by atoms with Gasteiger partial charge in [0.1, 0.15) is 5.15 Å². The molecule has 3 aromatic heterocycles. The standard InChI is InChI=1S/C12H11ClN6O2/c1-17-3-4-19(12(21)11(17)20)6-8-15-9(13)7-5-14-18(2)10(7)16-8/h3-5H,6H2,1-2H3. The minimum atomic E-state index is -0.634. The Bertz CT molecular complexity index is 955. The molecule has 0 atom stereocenters. The third-order valence-corrected chi connectivity index (χ3v) is 3.43. The molecule has 0 fully saturated rings. The molecule has 0 amide bonds. The molecule has 0 saturated heterocycles. The molecule has 0 aliphatic heterocycles. The molecule has 0 spiro atoms. The third kappa shape index (κ3) is 2.23. The molecule has 0 aliphatic carbocycles. The lowest BCUT2D eigenvalue weighted by molar-refractivity contribution is 0.669. The summed E-state index contributed by atoms with van der Waals surface area (Å²) in [5.41, 5.74) is -0.670. The molecule has 0 saturated carbocycles. The summed E-state index contributed by atoms with van der Waals surface area (Å²) in [6.45, 7) is 0.0652. The molecule has 0 bridgehead atoms. The van der Waals surface area contributed by atoms with Crippen LogP contribution in [0.25, 0.3) is 11.0 Å². The van der Waals surface area contributed by atoms with Crippen molar-refractivity contribution < 1.29 is 0 Å². The lowest BCUT2D eigenvalue weighted by atomic mass is 10.4. The number of hydrogen-bond acceptors (Lipinski definition) is 5. The Morgan fingerprint density at radius 1 is 1.14 bits per heavy atom. The normalized spacial score (nSPS) is 11.2. The fourth-order valence-electron chi connectivity index (χ4n) is 1.97. The number of aromatic nitrogens is 6. The van der Waals surface area contributed by atoms with Gasteiger partial charge in [-0.1, -0.05) is 11.6 Å². The second kappa shape index (κ2) is 4.81. The van der Waals surface area contributed by atoms with Gasteiger partial charge in [-0.15, -0.1) is 0 Å². The number of aryl methyl sites for hydroxylation is 2.